The third-order valence-corrected chi connectivity index (χ3v) is 4.41. The Morgan fingerprint density at radius 1 is 1.09 bits per heavy atom. The first kappa shape index (κ1) is 14.0. The smallest absolute Gasteiger partial charge is 0.252 e. The van der Waals surface area contributed by atoms with E-state index in [2.05, 4.69) is 15.1 Å². The molecule has 1 fully saturated rings. The second-order valence-electron chi connectivity index (χ2n) is 5.71. The Bertz CT molecular complexity index is 855. The Morgan fingerprint density at radius 3 is 2.61 bits per heavy atom. The number of fused-ring (bicyclic) bond motifs is 1. The highest BCUT2D eigenvalue weighted by atomic mass is 16.5. The van der Waals surface area contributed by atoms with E-state index in [-0.39, 0.29) is 0 Å². The van der Waals surface area contributed by atoms with Gasteiger partial charge in [0.05, 0.1) is 19.9 Å². The van der Waals surface area contributed by atoms with E-state index in [0.29, 0.717) is 23.2 Å². The van der Waals surface area contributed by atoms with E-state index in [4.69, 9.17) is 9.47 Å². The molecule has 0 atom stereocenters. The molecule has 0 spiro atoms. The lowest BCUT2D eigenvalue weighted by molar-refractivity contribution is 0.355. The summed E-state index contributed by atoms with van der Waals surface area (Å²) in [5.41, 5.74) is 1.93. The number of aromatic nitrogens is 4. The van der Waals surface area contributed by atoms with Crippen LogP contribution in [0.15, 0.2) is 30.5 Å². The van der Waals surface area contributed by atoms with Crippen LogP contribution in [-0.4, -0.2) is 33.8 Å². The fourth-order valence-corrected chi connectivity index (χ4v) is 2.86. The number of hydrogen-bond acceptors (Lipinski definition) is 5. The van der Waals surface area contributed by atoms with Gasteiger partial charge >= 0.3 is 0 Å². The molecule has 6 nitrogen and oxygen atoms in total. The van der Waals surface area contributed by atoms with E-state index < -0.39 is 0 Å². The van der Waals surface area contributed by atoms with Crippen molar-refractivity contribution >= 4 is 5.78 Å². The van der Waals surface area contributed by atoms with E-state index in [9.17, 15) is 0 Å². The van der Waals surface area contributed by atoms with Crippen molar-refractivity contribution in [2.75, 3.05) is 14.2 Å². The van der Waals surface area contributed by atoms with Crippen molar-refractivity contribution in [3.05, 3.63) is 36.3 Å². The zero-order valence-corrected chi connectivity index (χ0v) is 13.2. The molecule has 118 valence electrons. The van der Waals surface area contributed by atoms with Gasteiger partial charge in [-0.2, -0.15) is 9.50 Å². The minimum atomic E-state index is 0.481. The number of methoxy groups -OCH3 is 2. The Kier molecular flexibility index (Phi) is 3.37. The SMILES string of the molecule is COc1ccc(-c2ccnc3nc(C4CCC4)nn23)cc1OC. The van der Waals surface area contributed by atoms with Crippen molar-refractivity contribution in [1.82, 2.24) is 19.6 Å². The third-order valence-electron chi connectivity index (χ3n) is 4.41. The molecule has 0 unspecified atom stereocenters. The fourth-order valence-electron chi connectivity index (χ4n) is 2.86. The van der Waals surface area contributed by atoms with Crippen molar-refractivity contribution in [3.8, 4) is 22.8 Å². The van der Waals surface area contributed by atoms with E-state index in [0.717, 1.165) is 17.1 Å². The van der Waals surface area contributed by atoms with Crippen LogP contribution in [0.1, 0.15) is 31.0 Å². The van der Waals surface area contributed by atoms with Crippen LogP contribution in [0.4, 0.5) is 0 Å². The van der Waals surface area contributed by atoms with Crippen molar-refractivity contribution in [3.63, 3.8) is 0 Å². The molecule has 3 aromatic rings. The van der Waals surface area contributed by atoms with Gasteiger partial charge in [0.1, 0.15) is 0 Å². The summed E-state index contributed by atoms with van der Waals surface area (Å²) >= 11 is 0. The highest BCUT2D eigenvalue weighted by molar-refractivity contribution is 5.65. The van der Waals surface area contributed by atoms with Gasteiger partial charge in [-0.15, -0.1) is 5.10 Å². The van der Waals surface area contributed by atoms with Gasteiger partial charge in [0.25, 0.3) is 5.78 Å². The molecule has 2 heterocycles. The van der Waals surface area contributed by atoms with Gasteiger partial charge in [-0.05, 0) is 37.1 Å². The summed E-state index contributed by atoms with van der Waals surface area (Å²) in [6, 6.07) is 7.76. The number of benzene rings is 1. The zero-order valence-electron chi connectivity index (χ0n) is 13.2. The van der Waals surface area contributed by atoms with Gasteiger partial charge in [0.15, 0.2) is 17.3 Å². The molecular weight excluding hydrogens is 292 g/mol. The van der Waals surface area contributed by atoms with Crippen LogP contribution in [0.5, 0.6) is 11.5 Å². The quantitative estimate of drug-likeness (QED) is 0.741. The molecule has 1 saturated carbocycles. The van der Waals surface area contributed by atoms with E-state index in [1.54, 1.807) is 20.4 Å². The summed E-state index contributed by atoms with van der Waals surface area (Å²) in [5.74, 6) is 3.41. The minimum absolute atomic E-state index is 0.481. The van der Waals surface area contributed by atoms with E-state index in [1.165, 1.54) is 19.3 Å². The van der Waals surface area contributed by atoms with Crippen LogP contribution in [0.2, 0.25) is 0 Å². The first-order chi connectivity index (χ1) is 11.3. The highest BCUT2D eigenvalue weighted by Crippen LogP contribution is 2.35. The first-order valence-corrected chi connectivity index (χ1v) is 7.74. The summed E-state index contributed by atoms with van der Waals surface area (Å²) < 4.78 is 12.5. The van der Waals surface area contributed by atoms with Gasteiger partial charge in [-0.3, -0.25) is 0 Å². The average Bonchev–Trinajstić information content (AvgIpc) is 2.95. The molecule has 23 heavy (non-hydrogen) atoms. The maximum Gasteiger partial charge on any atom is 0.252 e. The molecule has 0 radical (unpaired) electrons. The Hall–Kier alpha value is -2.63. The Labute approximate surface area is 134 Å². The van der Waals surface area contributed by atoms with Crippen LogP contribution in [-0.2, 0) is 0 Å². The van der Waals surface area contributed by atoms with Crippen molar-refractivity contribution in [2.24, 2.45) is 0 Å². The molecule has 0 saturated heterocycles. The maximum atomic E-state index is 5.39. The van der Waals surface area contributed by atoms with E-state index in [1.807, 2.05) is 28.8 Å². The summed E-state index contributed by atoms with van der Waals surface area (Å²) in [6.45, 7) is 0. The van der Waals surface area contributed by atoms with Crippen LogP contribution in [0.3, 0.4) is 0 Å². The zero-order chi connectivity index (χ0) is 15.8. The second-order valence-corrected chi connectivity index (χ2v) is 5.71. The molecule has 0 amide bonds. The van der Waals surface area contributed by atoms with Crippen LogP contribution < -0.4 is 9.47 Å². The highest BCUT2D eigenvalue weighted by Gasteiger charge is 2.24. The van der Waals surface area contributed by atoms with Crippen molar-refractivity contribution < 1.29 is 9.47 Å². The first-order valence-electron chi connectivity index (χ1n) is 7.74. The molecule has 4 rings (SSSR count). The van der Waals surface area contributed by atoms with Crippen LogP contribution in [0, 0.1) is 0 Å². The third kappa shape index (κ3) is 2.30. The number of ether oxygens (including phenoxy) is 2. The van der Waals surface area contributed by atoms with Gasteiger partial charge in [0, 0.05) is 17.7 Å². The lowest BCUT2D eigenvalue weighted by atomic mass is 9.85. The summed E-state index contributed by atoms with van der Waals surface area (Å²) in [6.07, 6.45) is 5.36. The topological polar surface area (TPSA) is 61.5 Å². The maximum absolute atomic E-state index is 5.39. The van der Waals surface area contributed by atoms with Crippen LogP contribution >= 0.6 is 0 Å². The predicted molar refractivity (Wildman–Crippen MR) is 85.9 cm³/mol. The number of hydrogen-bond donors (Lipinski definition) is 0. The van der Waals surface area contributed by atoms with Gasteiger partial charge in [0.2, 0.25) is 0 Å². The largest absolute Gasteiger partial charge is 0.493 e. The standard InChI is InChI=1S/C17H18N4O2/c1-22-14-7-6-12(10-15(14)23-2)13-8-9-18-17-19-16(20-21(13)17)11-4-3-5-11/h6-11H,3-5H2,1-2H3. The molecule has 0 aliphatic heterocycles. The molecule has 6 heteroatoms. The van der Waals surface area contributed by atoms with Crippen molar-refractivity contribution in [2.45, 2.75) is 25.2 Å². The molecule has 2 aromatic heterocycles. The van der Waals surface area contributed by atoms with Gasteiger partial charge in [-0.25, -0.2) is 4.98 Å². The second kappa shape index (κ2) is 5.53. The predicted octanol–water partition coefficient (Wildman–Crippen LogP) is 3.08. The van der Waals surface area contributed by atoms with Gasteiger partial charge < -0.3 is 9.47 Å². The molecule has 1 aromatic carbocycles. The Balaban J connectivity index is 1.83. The molecular formula is C17H18N4O2. The van der Waals surface area contributed by atoms with Crippen LogP contribution in [0.25, 0.3) is 17.0 Å². The van der Waals surface area contributed by atoms with E-state index >= 15 is 0 Å². The lowest BCUT2D eigenvalue weighted by Gasteiger charge is -2.21. The summed E-state index contributed by atoms with van der Waals surface area (Å²) in [7, 11) is 3.26. The molecule has 0 bridgehead atoms. The molecule has 1 aliphatic rings. The van der Waals surface area contributed by atoms with Crippen molar-refractivity contribution in [1.29, 1.82) is 0 Å². The summed E-state index contributed by atoms with van der Waals surface area (Å²) in [4.78, 5) is 8.92. The minimum Gasteiger partial charge on any atom is -0.493 e. The summed E-state index contributed by atoms with van der Waals surface area (Å²) in [5, 5.41) is 4.68. The monoisotopic (exact) mass is 310 g/mol. The number of rotatable bonds is 4. The average molecular weight is 310 g/mol. The lowest BCUT2D eigenvalue weighted by Crippen LogP contribution is -2.10. The molecule has 0 N–H and O–H groups in total. The van der Waals surface area contributed by atoms with Gasteiger partial charge in [-0.1, -0.05) is 6.42 Å². The normalized spacial score (nSPS) is 14.7. The number of nitrogens with zero attached hydrogens (tertiary/aromatic N) is 4. The fraction of sp³-hybridized carbons (Fsp3) is 0.353. The molecule has 1 aliphatic carbocycles. The Morgan fingerprint density at radius 2 is 1.91 bits per heavy atom.